The van der Waals surface area contributed by atoms with Gasteiger partial charge in [-0.25, -0.2) is 0 Å². The fourth-order valence-corrected chi connectivity index (χ4v) is 1.83. The maximum absolute atomic E-state index is 11.9. The SMILES string of the molecule is COCCN(CC(=O)OC(C)(C)C)Cc1ccccc1. The van der Waals surface area contributed by atoms with Crippen molar-refractivity contribution in [2.24, 2.45) is 0 Å². The molecular formula is C16H25NO3. The molecule has 0 radical (unpaired) electrons. The van der Waals surface area contributed by atoms with Crippen LogP contribution < -0.4 is 0 Å². The summed E-state index contributed by atoms with van der Waals surface area (Å²) in [4.78, 5) is 14.0. The molecule has 0 aromatic heterocycles. The Morgan fingerprint density at radius 2 is 1.85 bits per heavy atom. The maximum atomic E-state index is 11.9. The fraction of sp³-hybridized carbons (Fsp3) is 0.562. The second-order valence-electron chi connectivity index (χ2n) is 5.78. The Morgan fingerprint density at radius 3 is 2.40 bits per heavy atom. The van der Waals surface area contributed by atoms with Gasteiger partial charge in [-0.2, -0.15) is 0 Å². The van der Waals surface area contributed by atoms with Gasteiger partial charge in [0.25, 0.3) is 0 Å². The van der Waals surface area contributed by atoms with Gasteiger partial charge in [-0.05, 0) is 26.3 Å². The zero-order chi connectivity index (χ0) is 15.0. The Hall–Kier alpha value is -1.39. The van der Waals surface area contributed by atoms with Crippen molar-refractivity contribution in [2.75, 3.05) is 26.8 Å². The van der Waals surface area contributed by atoms with Crippen LogP contribution in [0.3, 0.4) is 0 Å². The molecule has 1 aromatic carbocycles. The Labute approximate surface area is 121 Å². The third-order valence-corrected chi connectivity index (χ3v) is 2.63. The number of carbonyl (C=O) groups is 1. The van der Waals surface area contributed by atoms with Crippen molar-refractivity contribution < 1.29 is 14.3 Å². The standard InChI is InChI=1S/C16H25NO3/c1-16(2,3)20-15(18)13-17(10-11-19-4)12-14-8-6-5-7-9-14/h5-9H,10-13H2,1-4H3. The minimum Gasteiger partial charge on any atom is -0.459 e. The van der Waals surface area contributed by atoms with Crippen molar-refractivity contribution >= 4 is 5.97 Å². The minimum absolute atomic E-state index is 0.204. The Balaban J connectivity index is 2.57. The van der Waals surface area contributed by atoms with E-state index in [-0.39, 0.29) is 12.5 Å². The molecule has 20 heavy (non-hydrogen) atoms. The van der Waals surface area contributed by atoms with Crippen molar-refractivity contribution in [3.05, 3.63) is 35.9 Å². The molecular weight excluding hydrogens is 254 g/mol. The van der Waals surface area contributed by atoms with Gasteiger partial charge < -0.3 is 9.47 Å². The first-order valence-electron chi connectivity index (χ1n) is 6.88. The largest absolute Gasteiger partial charge is 0.459 e. The fourth-order valence-electron chi connectivity index (χ4n) is 1.83. The lowest BCUT2D eigenvalue weighted by Gasteiger charge is -2.24. The molecule has 0 atom stereocenters. The van der Waals surface area contributed by atoms with Gasteiger partial charge >= 0.3 is 5.97 Å². The summed E-state index contributed by atoms with van der Waals surface area (Å²) in [5.74, 6) is -0.204. The van der Waals surface area contributed by atoms with Crippen LogP contribution in [-0.4, -0.2) is 43.3 Å². The van der Waals surface area contributed by atoms with Gasteiger partial charge in [-0.3, -0.25) is 9.69 Å². The number of esters is 1. The van der Waals surface area contributed by atoms with Crippen molar-refractivity contribution in [3.63, 3.8) is 0 Å². The van der Waals surface area contributed by atoms with Crippen LogP contribution in [0.4, 0.5) is 0 Å². The summed E-state index contributed by atoms with van der Waals surface area (Å²) in [5.41, 5.74) is 0.726. The van der Waals surface area contributed by atoms with E-state index in [0.29, 0.717) is 19.7 Å². The predicted molar refractivity (Wildman–Crippen MR) is 79.4 cm³/mol. The molecule has 0 spiro atoms. The molecule has 0 heterocycles. The highest BCUT2D eigenvalue weighted by molar-refractivity contribution is 5.72. The van der Waals surface area contributed by atoms with Gasteiger partial charge in [0.2, 0.25) is 0 Å². The number of hydrogen-bond acceptors (Lipinski definition) is 4. The van der Waals surface area contributed by atoms with E-state index in [2.05, 4.69) is 12.1 Å². The molecule has 112 valence electrons. The first kappa shape index (κ1) is 16.7. The summed E-state index contributed by atoms with van der Waals surface area (Å²) in [5, 5.41) is 0. The van der Waals surface area contributed by atoms with Crippen LogP contribution in [0.25, 0.3) is 0 Å². The molecule has 4 nitrogen and oxygen atoms in total. The van der Waals surface area contributed by atoms with Crippen molar-refractivity contribution in [1.82, 2.24) is 4.90 Å². The molecule has 1 rings (SSSR count). The molecule has 1 aromatic rings. The second-order valence-corrected chi connectivity index (χ2v) is 5.78. The monoisotopic (exact) mass is 279 g/mol. The summed E-state index contributed by atoms with van der Waals surface area (Å²) < 4.78 is 10.5. The molecule has 0 N–H and O–H groups in total. The third-order valence-electron chi connectivity index (χ3n) is 2.63. The van der Waals surface area contributed by atoms with E-state index in [1.54, 1.807) is 7.11 Å². The molecule has 0 aliphatic carbocycles. The summed E-state index contributed by atoms with van der Waals surface area (Å²) >= 11 is 0. The average molecular weight is 279 g/mol. The molecule has 4 heteroatoms. The Kier molecular flexibility index (Phi) is 6.68. The molecule has 0 fully saturated rings. The third kappa shape index (κ3) is 7.26. The highest BCUT2D eigenvalue weighted by Crippen LogP contribution is 2.09. The van der Waals surface area contributed by atoms with Crippen LogP contribution in [0.5, 0.6) is 0 Å². The Morgan fingerprint density at radius 1 is 1.20 bits per heavy atom. The molecule has 0 saturated carbocycles. The quantitative estimate of drug-likeness (QED) is 0.719. The lowest BCUT2D eigenvalue weighted by atomic mass is 10.2. The topological polar surface area (TPSA) is 38.8 Å². The zero-order valence-corrected chi connectivity index (χ0v) is 12.9. The average Bonchev–Trinajstić information content (AvgIpc) is 2.35. The van der Waals surface area contributed by atoms with Crippen LogP contribution in [0.15, 0.2) is 30.3 Å². The van der Waals surface area contributed by atoms with Gasteiger partial charge in [0.1, 0.15) is 5.60 Å². The van der Waals surface area contributed by atoms with Gasteiger partial charge in [-0.1, -0.05) is 30.3 Å². The van der Waals surface area contributed by atoms with E-state index < -0.39 is 5.60 Å². The maximum Gasteiger partial charge on any atom is 0.320 e. The van der Waals surface area contributed by atoms with Crippen LogP contribution in [0, 0.1) is 0 Å². The zero-order valence-electron chi connectivity index (χ0n) is 12.9. The normalized spacial score (nSPS) is 11.7. The van der Waals surface area contributed by atoms with Gasteiger partial charge in [0, 0.05) is 20.2 Å². The van der Waals surface area contributed by atoms with Crippen LogP contribution in [0.2, 0.25) is 0 Å². The van der Waals surface area contributed by atoms with E-state index in [9.17, 15) is 4.79 Å². The molecule has 0 aliphatic heterocycles. The van der Waals surface area contributed by atoms with E-state index in [0.717, 1.165) is 0 Å². The smallest absolute Gasteiger partial charge is 0.320 e. The highest BCUT2D eigenvalue weighted by Gasteiger charge is 2.19. The number of nitrogens with zero attached hydrogens (tertiary/aromatic N) is 1. The molecule has 0 amide bonds. The highest BCUT2D eigenvalue weighted by atomic mass is 16.6. The second kappa shape index (κ2) is 8.02. The van der Waals surface area contributed by atoms with Gasteiger partial charge in [-0.15, -0.1) is 0 Å². The van der Waals surface area contributed by atoms with Crippen molar-refractivity contribution in [3.8, 4) is 0 Å². The van der Waals surface area contributed by atoms with E-state index in [1.807, 2.05) is 43.9 Å². The molecule has 0 saturated heterocycles. The van der Waals surface area contributed by atoms with E-state index in [1.165, 1.54) is 5.56 Å². The van der Waals surface area contributed by atoms with Crippen LogP contribution >= 0.6 is 0 Å². The van der Waals surface area contributed by atoms with Crippen LogP contribution in [-0.2, 0) is 20.8 Å². The first-order chi connectivity index (χ1) is 9.40. The number of rotatable bonds is 7. The predicted octanol–water partition coefficient (Wildman–Crippen LogP) is 2.48. The number of hydrogen-bond donors (Lipinski definition) is 0. The van der Waals surface area contributed by atoms with Crippen molar-refractivity contribution in [1.29, 1.82) is 0 Å². The lowest BCUT2D eigenvalue weighted by Crippen LogP contribution is -2.36. The van der Waals surface area contributed by atoms with Gasteiger partial charge in [0.15, 0.2) is 0 Å². The number of benzene rings is 1. The van der Waals surface area contributed by atoms with Crippen LogP contribution in [0.1, 0.15) is 26.3 Å². The number of methoxy groups -OCH3 is 1. The van der Waals surface area contributed by atoms with E-state index in [4.69, 9.17) is 9.47 Å². The summed E-state index contributed by atoms with van der Waals surface area (Å²) in [6.45, 7) is 7.91. The molecule has 0 bridgehead atoms. The summed E-state index contributed by atoms with van der Waals surface area (Å²) in [6.07, 6.45) is 0. The summed E-state index contributed by atoms with van der Waals surface area (Å²) in [6, 6.07) is 10.1. The number of ether oxygens (including phenoxy) is 2. The van der Waals surface area contributed by atoms with E-state index >= 15 is 0 Å². The molecule has 0 unspecified atom stereocenters. The molecule has 0 aliphatic rings. The first-order valence-corrected chi connectivity index (χ1v) is 6.88. The number of carbonyl (C=O) groups excluding carboxylic acids is 1. The lowest BCUT2D eigenvalue weighted by molar-refractivity contribution is -0.156. The summed E-state index contributed by atoms with van der Waals surface area (Å²) in [7, 11) is 1.66. The minimum atomic E-state index is -0.448. The van der Waals surface area contributed by atoms with Crippen molar-refractivity contribution in [2.45, 2.75) is 32.9 Å². The Bertz CT molecular complexity index is 398. The van der Waals surface area contributed by atoms with Gasteiger partial charge in [0.05, 0.1) is 13.2 Å².